The molecule has 2 rings (SSSR count). The maximum absolute atomic E-state index is 10.5. The molecule has 1 aliphatic carbocycles. The molecule has 94 valence electrons. The van der Waals surface area contributed by atoms with E-state index in [9.17, 15) is 4.79 Å². The normalized spacial score (nSPS) is 19.1. The van der Waals surface area contributed by atoms with Crippen LogP contribution >= 0.6 is 0 Å². The average Bonchev–Trinajstić information content (AvgIpc) is 2.76. The van der Waals surface area contributed by atoms with E-state index in [0.717, 1.165) is 24.4 Å². The summed E-state index contributed by atoms with van der Waals surface area (Å²) in [6.45, 7) is 2.19. The van der Waals surface area contributed by atoms with Crippen molar-refractivity contribution in [2.24, 2.45) is 0 Å². The molecule has 0 radical (unpaired) electrons. The average molecular weight is 237 g/mol. The second-order valence-corrected chi connectivity index (χ2v) is 5.16. The molecule has 17 heavy (non-hydrogen) atoms. The van der Waals surface area contributed by atoms with Crippen LogP contribution in [0.3, 0.4) is 0 Å². The fourth-order valence-corrected chi connectivity index (χ4v) is 2.48. The van der Waals surface area contributed by atoms with E-state index >= 15 is 0 Å². The Hall–Kier alpha value is -1.32. The third-order valence-corrected chi connectivity index (χ3v) is 3.62. The van der Waals surface area contributed by atoms with E-state index in [2.05, 4.69) is 11.9 Å². The van der Waals surface area contributed by atoms with Crippen molar-refractivity contribution in [1.82, 2.24) is 4.98 Å². The Kier molecular flexibility index (Phi) is 3.50. The summed E-state index contributed by atoms with van der Waals surface area (Å²) in [6.07, 6.45) is 8.16. The first-order valence-electron chi connectivity index (χ1n) is 6.27. The number of aryl methyl sites for hydroxylation is 1. The highest BCUT2D eigenvalue weighted by Gasteiger charge is 2.33. The van der Waals surface area contributed by atoms with Crippen molar-refractivity contribution in [1.29, 1.82) is 0 Å². The van der Waals surface area contributed by atoms with Crippen molar-refractivity contribution >= 4 is 5.97 Å². The van der Waals surface area contributed by atoms with Crippen molar-refractivity contribution in [2.75, 3.05) is 0 Å². The lowest BCUT2D eigenvalue weighted by Crippen LogP contribution is -2.25. The summed E-state index contributed by atoms with van der Waals surface area (Å²) in [7, 11) is 0. The predicted octanol–water partition coefficient (Wildman–Crippen LogP) is 2.91. The van der Waals surface area contributed by atoms with Crippen molar-refractivity contribution in [3.8, 4) is 0 Å². The highest BCUT2D eigenvalue weighted by Crippen LogP contribution is 2.38. The van der Waals surface area contributed by atoms with E-state index in [-0.39, 0.29) is 11.8 Å². The smallest absolute Gasteiger partial charge is 0.303 e. The number of hydrogen-bond donors (Lipinski definition) is 1. The van der Waals surface area contributed by atoms with Gasteiger partial charge in [0.25, 0.3) is 0 Å². The first-order valence-corrected chi connectivity index (χ1v) is 6.27. The van der Waals surface area contributed by atoms with Gasteiger partial charge in [-0.2, -0.15) is 0 Å². The summed E-state index contributed by atoms with van der Waals surface area (Å²) >= 11 is 0. The molecule has 0 unspecified atom stereocenters. The van der Waals surface area contributed by atoms with E-state index in [0.29, 0.717) is 6.42 Å². The summed E-state index contributed by atoms with van der Waals surface area (Å²) in [5.41, 5.74) is 0.814. The van der Waals surface area contributed by atoms with E-state index < -0.39 is 5.97 Å². The minimum absolute atomic E-state index is 0.0553. The number of carboxylic acids is 1. The number of oxazole rings is 1. The van der Waals surface area contributed by atoms with E-state index in [4.69, 9.17) is 9.52 Å². The van der Waals surface area contributed by atoms with Crippen LogP contribution in [-0.4, -0.2) is 16.1 Å². The van der Waals surface area contributed by atoms with Gasteiger partial charge >= 0.3 is 5.97 Å². The molecule has 1 heterocycles. The van der Waals surface area contributed by atoms with Gasteiger partial charge in [-0.15, -0.1) is 0 Å². The first kappa shape index (κ1) is 12.1. The van der Waals surface area contributed by atoms with Gasteiger partial charge in [-0.25, -0.2) is 4.98 Å². The van der Waals surface area contributed by atoms with Crippen LogP contribution in [0.15, 0.2) is 10.7 Å². The Labute approximate surface area is 101 Å². The Morgan fingerprint density at radius 1 is 1.47 bits per heavy atom. The van der Waals surface area contributed by atoms with Crippen molar-refractivity contribution in [3.63, 3.8) is 0 Å². The van der Waals surface area contributed by atoms with Gasteiger partial charge in [0.2, 0.25) is 0 Å². The molecule has 1 N–H and O–H groups in total. The van der Waals surface area contributed by atoms with Gasteiger partial charge in [0.15, 0.2) is 5.89 Å². The lowest BCUT2D eigenvalue weighted by atomic mass is 9.75. The lowest BCUT2D eigenvalue weighted by Gasteiger charge is -2.30. The third-order valence-electron chi connectivity index (χ3n) is 3.62. The van der Waals surface area contributed by atoms with Crippen LogP contribution < -0.4 is 0 Å². The van der Waals surface area contributed by atoms with Gasteiger partial charge in [0, 0.05) is 11.8 Å². The molecule has 0 aliphatic heterocycles. The van der Waals surface area contributed by atoms with E-state index in [1.807, 2.05) is 0 Å². The third kappa shape index (κ3) is 2.87. The molecular formula is C13H19NO3. The maximum atomic E-state index is 10.5. The maximum Gasteiger partial charge on any atom is 0.303 e. The zero-order valence-corrected chi connectivity index (χ0v) is 10.2. The van der Waals surface area contributed by atoms with Crippen LogP contribution in [0.2, 0.25) is 0 Å². The summed E-state index contributed by atoms with van der Waals surface area (Å²) in [4.78, 5) is 14.9. The molecule has 0 bridgehead atoms. The molecule has 4 heteroatoms. The van der Waals surface area contributed by atoms with Crippen molar-refractivity contribution in [2.45, 2.75) is 57.3 Å². The van der Waals surface area contributed by atoms with Crippen molar-refractivity contribution < 1.29 is 14.3 Å². The largest absolute Gasteiger partial charge is 0.481 e. The molecule has 0 amide bonds. The second kappa shape index (κ2) is 4.90. The number of carbonyl (C=O) groups is 1. The Bertz CT molecular complexity index is 391. The molecule has 0 saturated heterocycles. The Morgan fingerprint density at radius 2 is 2.18 bits per heavy atom. The van der Waals surface area contributed by atoms with Gasteiger partial charge in [0.1, 0.15) is 6.26 Å². The van der Waals surface area contributed by atoms with Crippen LogP contribution in [0.25, 0.3) is 0 Å². The van der Waals surface area contributed by atoms with Gasteiger partial charge < -0.3 is 9.52 Å². The summed E-state index contributed by atoms with van der Waals surface area (Å²) in [6, 6.07) is 0. The monoisotopic (exact) mass is 237 g/mol. The summed E-state index contributed by atoms with van der Waals surface area (Å²) < 4.78 is 5.54. The zero-order valence-electron chi connectivity index (χ0n) is 10.2. The predicted molar refractivity (Wildman–Crippen MR) is 62.9 cm³/mol. The number of carboxylic acid groups (broad SMARTS) is 1. The molecule has 1 aromatic heterocycles. The second-order valence-electron chi connectivity index (χ2n) is 5.16. The fraction of sp³-hybridized carbons (Fsp3) is 0.692. The molecule has 1 saturated carbocycles. The molecule has 1 fully saturated rings. The van der Waals surface area contributed by atoms with Crippen LogP contribution in [0.4, 0.5) is 0 Å². The minimum atomic E-state index is -0.793. The Morgan fingerprint density at radius 3 is 2.82 bits per heavy atom. The first-order chi connectivity index (χ1) is 8.10. The van der Waals surface area contributed by atoms with Crippen LogP contribution in [0, 0.1) is 0 Å². The number of aliphatic carboxylic acids is 1. The highest BCUT2D eigenvalue weighted by atomic mass is 16.4. The molecule has 0 spiro atoms. The van der Waals surface area contributed by atoms with Gasteiger partial charge in [0.05, 0.1) is 12.1 Å². The van der Waals surface area contributed by atoms with Gasteiger partial charge in [-0.3, -0.25) is 4.79 Å². The van der Waals surface area contributed by atoms with Crippen LogP contribution in [-0.2, 0) is 16.6 Å². The Balaban J connectivity index is 2.03. The summed E-state index contributed by atoms with van der Waals surface area (Å²) in [5.74, 6) is -0.00369. The molecular weight excluding hydrogens is 218 g/mol. The lowest BCUT2D eigenvalue weighted by molar-refractivity contribution is -0.136. The standard InChI is InChI=1S/C13H19NO3/c1-13(7-3-2-4-8-13)12-14-10(9-17-12)5-6-11(15)16/h9H,2-8H2,1H3,(H,15,16). The highest BCUT2D eigenvalue weighted by molar-refractivity contribution is 5.66. The molecule has 0 atom stereocenters. The molecule has 1 aromatic rings. The van der Waals surface area contributed by atoms with E-state index in [1.165, 1.54) is 19.3 Å². The molecule has 4 nitrogen and oxygen atoms in total. The zero-order chi connectivity index (χ0) is 12.3. The van der Waals surface area contributed by atoms with E-state index in [1.54, 1.807) is 6.26 Å². The number of aromatic nitrogens is 1. The van der Waals surface area contributed by atoms with Crippen LogP contribution in [0.1, 0.15) is 57.0 Å². The number of hydrogen-bond acceptors (Lipinski definition) is 3. The summed E-state index contributed by atoms with van der Waals surface area (Å²) in [5, 5.41) is 8.62. The fourth-order valence-electron chi connectivity index (χ4n) is 2.48. The van der Waals surface area contributed by atoms with Gasteiger partial charge in [-0.1, -0.05) is 26.2 Å². The molecule has 1 aliphatic rings. The quantitative estimate of drug-likeness (QED) is 0.874. The number of nitrogens with zero attached hydrogens (tertiary/aromatic N) is 1. The minimum Gasteiger partial charge on any atom is -0.481 e. The topological polar surface area (TPSA) is 63.3 Å². The van der Waals surface area contributed by atoms with Crippen LogP contribution in [0.5, 0.6) is 0 Å². The number of rotatable bonds is 4. The van der Waals surface area contributed by atoms with Gasteiger partial charge in [-0.05, 0) is 12.8 Å². The SMILES string of the molecule is CC1(c2nc(CCC(=O)O)co2)CCCCC1. The molecule has 0 aromatic carbocycles. The van der Waals surface area contributed by atoms with Crippen molar-refractivity contribution in [3.05, 3.63) is 17.8 Å².